The third-order valence-electron chi connectivity index (χ3n) is 2.16. The smallest absolute Gasteiger partial charge is 0.142 e. The number of hydrogen-bond acceptors (Lipinski definition) is 1. The molecule has 0 aliphatic heterocycles. The van der Waals surface area contributed by atoms with Crippen LogP contribution in [0.15, 0.2) is 22.8 Å². The lowest BCUT2D eigenvalue weighted by molar-refractivity contribution is 0.419. The molecule has 68 valence electrons. The summed E-state index contributed by atoms with van der Waals surface area (Å²) in [6, 6.07) is 3.95. The van der Waals surface area contributed by atoms with Gasteiger partial charge in [0.25, 0.3) is 0 Å². The maximum atomic E-state index is 5.24. The molecule has 2 rings (SSSR count). The van der Waals surface area contributed by atoms with Crippen molar-refractivity contribution in [2.24, 2.45) is 0 Å². The fraction of sp³-hybridized carbons (Fsp3) is 0.200. The monoisotopic (exact) mass is 239 g/mol. The van der Waals surface area contributed by atoms with E-state index in [1.807, 2.05) is 18.3 Å². The number of H-pyrrole nitrogens is 1. The fourth-order valence-corrected chi connectivity index (χ4v) is 2.15. The molecule has 0 spiro atoms. The van der Waals surface area contributed by atoms with Crippen LogP contribution < -0.4 is 4.74 Å². The lowest BCUT2D eigenvalue weighted by Gasteiger charge is -2.02. The van der Waals surface area contributed by atoms with Gasteiger partial charge in [-0.25, -0.2) is 0 Å². The molecule has 0 bridgehead atoms. The van der Waals surface area contributed by atoms with Crippen LogP contribution in [0.25, 0.3) is 10.9 Å². The zero-order chi connectivity index (χ0) is 9.42. The van der Waals surface area contributed by atoms with Crippen molar-refractivity contribution in [1.82, 2.24) is 4.98 Å². The second-order valence-corrected chi connectivity index (χ2v) is 3.83. The molecule has 0 saturated heterocycles. The average Bonchev–Trinajstić information content (AvgIpc) is 2.50. The Kier molecular flexibility index (Phi) is 2.04. The molecule has 2 aromatic rings. The lowest BCUT2D eigenvalue weighted by atomic mass is 10.2. The van der Waals surface area contributed by atoms with Gasteiger partial charge in [0, 0.05) is 16.1 Å². The van der Waals surface area contributed by atoms with E-state index in [1.165, 1.54) is 10.9 Å². The number of hydrogen-bond donors (Lipinski definition) is 1. The molecule has 13 heavy (non-hydrogen) atoms. The number of rotatable bonds is 1. The Morgan fingerprint density at radius 2 is 2.15 bits per heavy atom. The van der Waals surface area contributed by atoms with E-state index in [-0.39, 0.29) is 0 Å². The fourth-order valence-electron chi connectivity index (χ4n) is 1.51. The number of aromatic nitrogens is 1. The minimum Gasteiger partial charge on any atom is -0.495 e. The number of halogens is 1. The highest BCUT2D eigenvalue weighted by Gasteiger charge is 2.08. The van der Waals surface area contributed by atoms with Crippen LogP contribution in [0.5, 0.6) is 5.75 Å². The first kappa shape index (κ1) is 8.63. The van der Waals surface area contributed by atoms with Gasteiger partial charge in [0.1, 0.15) is 5.75 Å². The molecule has 0 atom stereocenters. The van der Waals surface area contributed by atoms with E-state index in [4.69, 9.17) is 4.74 Å². The molecule has 1 aromatic carbocycles. The van der Waals surface area contributed by atoms with Crippen LogP contribution in [0, 0.1) is 6.92 Å². The van der Waals surface area contributed by atoms with Crippen LogP contribution in [0.2, 0.25) is 0 Å². The number of ether oxygens (including phenoxy) is 1. The maximum Gasteiger partial charge on any atom is 0.142 e. The van der Waals surface area contributed by atoms with E-state index in [0.717, 1.165) is 15.7 Å². The molecule has 2 nitrogen and oxygen atoms in total. The number of fused-ring (bicyclic) bond motifs is 1. The molecule has 0 unspecified atom stereocenters. The van der Waals surface area contributed by atoms with Crippen molar-refractivity contribution in [3.8, 4) is 5.75 Å². The number of aromatic amines is 1. The Labute approximate surface area is 85.0 Å². The third kappa shape index (κ3) is 1.23. The van der Waals surface area contributed by atoms with Gasteiger partial charge in [-0.1, -0.05) is 15.9 Å². The predicted octanol–water partition coefficient (Wildman–Crippen LogP) is 3.25. The van der Waals surface area contributed by atoms with Gasteiger partial charge in [0.15, 0.2) is 0 Å². The average molecular weight is 240 g/mol. The van der Waals surface area contributed by atoms with E-state index in [2.05, 4.69) is 27.8 Å². The Morgan fingerprint density at radius 3 is 2.85 bits per heavy atom. The van der Waals surface area contributed by atoms with Gasteiger partial charge >= 0.3 is 0 Å². The van der Waals surface area contributed by atoms with Crippen molar-refractivity contribution < 1.29 is 4.74 Å². The largest absolute Gasteiger partial charge is 0.495 e. The molecule has 0 fully saturated rings. The molecule has 0 aliphatic rings. The minimum atomic E-state index is 0.881. The van der Waals surface area contributed by atoms with Crippen molar-refractivity contribution in [3.63, 3.8) is 0 Å². The highest BCUT2D eigenvalue weighted by Crippen LogP contribution is 2.32. The van der Waals surface area contributed by atoms with Crippen molar-refractivity contribution in [1.29, 1.82) is 0 Å². The topological polar surface area (TPSA) is 25.0 Å². The van der Waals surface area contributed by atoms with Gasteiger partial charge in [-0.3, -0.25) is 0 Å². The SMILES string of the molecule is COc1ccc(Br)c2c(C)c[nH]c12. The summed E-state index contributed by atoms with van der Waals surface area (Å²) in [5.41, 5.74) is 2.27. The third-order valence-corrected chi connectivity index (χ3v) is 2.82. The summed E-state index contributed by atoms with van der Waals surface area (Å²) < 4.78 is 6.34. The first-order valence-corrected chi connectivity index (χ1v) is 4.83. The zero-order valence-corrected chi connectivity index (χ0v) is 9.10. The van der Waals surface area contributed by atoms with Crippen LogP contribution in [0.3, 0.4) is 0 Å². The number of benzene rings is 1. The highest BCUT2D eigenvalue weighted by atomic mass is 79.9. The first-order valence-electron chi connectivity index (χ1n) is 4.04. The van der Waals surface area contributed by atoms with E-state index < -0.39 is 0 Å². The van der Waals surface area contributed by atoms with Gasteiger partial charge in [-0.15, -0.1) is 0 Å². The maximum absolute atomic E-state index is 5.24. The molecule has 1 N–H and O–H groups in total. The minimum absolute atomic E-state index is 0.881. The number of methoxy groups -OCH3 is 1. The summed E-state index contributed by atoms with van der Waals surface area (Å²) in [5.74, 6) is 0.881. The van der Waals surface area contributed by atoms with Crippen molar-refractivity contribution in [3.05, 3.63) is 28.4 Å². The molecule has 0 radical (unpaired) electrons. The van der Waals surface area contributed by atoms with E-state index in [1.54, 1.807) is 7.11 Å². The van der Waals surface area contributed by atoms with Crippen LogP contribution >= 0.6 is 15.9 Å². The summed E-state index contributed by atoms with van der Waals surface area (Å²) in [6.45, 7) is 2.07. The number of nitrogens with one attached hydrogen (secondary N) is 1. The molecule has 0 aliphatic carbocycles. The molecule has 1 aromatic heterocycles. The van der Waals surface area contributed by atoms with Crippen molar-refractivity contribution in [2.45, 2.75) is 6.92 Å². The van der Waals surface area contributed by atoms with Crippen LogP contribution in [0.4, 0.5) is 0 Å². The lowest BCUT2D eigenvalue weighted by Crippen LogP contribution is -1.84. The zero-order valence-electron chi connectivity index (χ0n) is 7.52. The summed E-state index contributed by atoms with van der Waals surface area (Å²) in [7, 11) is 1.68. The highest BCUT2D eigenvalue weighted by molar-refractivity contribution is 9.10. The second kappa shape index (κ2) is 3.07. The van der Waals surface area contributed by atoms with Crippen LogP contribution in [-0.4, -0.2) is 12.1 Å². The van der Waals surface area contributed by atoms with Gasteiger partial charge in [0.2, 0.25) is 0 Å². The molecule has 0 amide bonds. The van der Waals surface area contributed by atoms with E-state index in [9.17, 15) is 0 Å². The summed E-state index contributed by atoms with van der Waals surface area (Å²) in [5, 5.41) is 1.19. The van der Waals surface area contributed by atoms with Crippen molar-refractivity contribution in [2.75, 3.05) is 7.11 Å². The Hall–Kier alpha value is -0.960. The van der Waals surface area contributed by atoms with Gasteiger partial charge in [-0.05, 0) is 24.6 Å². The molecule has 1 heterocycles. The quantitative estimate of drug-likeness (QED) is 0.813. The Morgan fingerprint density at radius 1 is 1.38 bits per heavy atom. The Balaban J connectivity index is 2.87. The number of aryl methyl sites for hydroxylation is 1. The molecular formula is C10H10BrNO. The van der Waals surface area contributed by atoms with Crippen molar-refractivity contribution >= 4 is 26.8 Å². The Bertz CT molecular complexity index is 447. The summed E-state index contributed by atoms with van der Waals surface area (Å²) in [6.07, 6.45) is 1.98. The molecule has 0 saturated carbocycles. The summed E-state index contributed by atoms with van der Waals surface area (Å²) in [4.78, 5) is 3.19. The van der Waals surface area contributed by atoms with Gasteiger partial charge < -0.3 is 9.72 Å². The first-order chi connectivity index (χ1) is 6.24. The van der Waals surface area contributed by atoms with E-state index in [0.29, 0.717) is 0 Å². The standard InChI is InChI=1S/C10H10BrNO/c1-6-5-12-10-8(13-2)4-3-7(11)9(6)10/h3-5,12H,1-2H3. The second-order valence-electron chi connectivity index (χ2n) is 2.97. The van der Waals surface area contributed by atoms with Gasteiger partial charge in [-0.2, -0.15) is 0 Å². The van der Waals surface area contributed by atoms with Crippen LogP contribution in [0.1, 0.15) is 5.56 Å². The summed E-state index contributed by atoms with van der Waals surface area (Å²) >= 11 is 3.51. The van der Waals surface area contributed by atoms with E-state index >= 15 is 0 Å². The van der Waals surface area contributed by atoms with Gasteiger partial charge in [0.05, 0.1) is 12.6 Å². The predicted molar refractivity (Wildman–Crippen MR) is 57.3 cm³/mol. The molecule has 3 heteroatoms. The van der Waals surface area contributed by atoms with Crippen LogP contribution in [-0.2, 0) is 0 Å². The molecular weight excluding hydrogens is 230 g/mol. The normalized spacial score (nSPS) is 10.7.